The number of carbonyl (C=O) groups excluding carboxylic acids is 1. The third-order valence-electron chi connectivity index (χ3n) is 4.66. The number of aliphatic carboxylic acids is 1. The largest absolute Gasteiger partial charge is 0.480 e. The Bertz CT molecular complexity index is 670. The molecular formula is C16H19F3N4O3. The number of rotatable bonds is 7. The van der Waals surface area contributed by atoms with Crippen LogP contribution in [0.25, 0.3) is 0 Å². The van der Waals surface area contributed by atoms with Crippen LogP contribution < -0.4 is 5.32 Å². The molecule has 0 aliphatic heterocycles. The van der Waals surface area contributed by atoms with Crippen LogP contribution in [-0.2, 0) is 11.0 Å². The third kappa shape index (κ3) is 4.69. The predicted molar refractivity (Wildman–Crippen MR) is 83.2 cm³/mol. The Morgan fingerprint density at radius 2 is 1.85 bits per heavy atom. The second kappa shape index (κ2) is 7.18. The minimum atomic E-state index is -4.65. The first-order valence-corrected chi connectivity index (χ1v) is 8.38. The average molecular weight is 372 g/mol. The van der Waals surface area contributed by atoms with E-state index >= 15 is 0 Å². The normalized spacial score (nSPS) is 22.8. The van der Waals surface area contributed by atoms with Gasteiger partial charge in [0.1, 0.15) is 0 Å². The van der Waals surface area contributed by atoms with Crippen molar-refractivity contribution in [3.8, 4) is 0 Å². The molecule has 0 unspecified atom stereocenters. The van der Waals surface area contributed by atoms with Crippen LogP contribution in [0.1, 0.15) is 41.9 Å². The maximum absolute atomic E-state index is 12.4. The second-order valence-electron chi connectivity index (χ2n) is 6.86. The lowest BCUT2D eigenvalue weighted by Crippen LogP contribution is -2.55. The summed E-state index contributed by atoms with van der Waals surface area (Å²) < 4.78 is 37.3. The highest BCUT2D eigenvalue weighted by Crippen LogP contribution is 2.33. The number of nitrogens with one attached hydrogen (secondary N) is 1. The van der Waals surface area contributed by atoms with Gasteiger partial charge in [-0.25, -0.2) is 9.97 Å². The van der Waals surface area contributed by atoms with Gasteiger partial charge in [0.05, 0.1) is 12.1 Å². The van der Waals surface area contributed by atoms with Gasteiger partial charge in [0.2, 0.25) is 5.82 Å². The van der Waals surface area contributed by atoms with Gasteiger partial charge in [-0.15, -0.1) is 0 Å². The van der Waals surface area contributed by atoms with Gasteiger partial charge in [-0.2, -0.15) is 13.2 Å². The summed E-state index contributed by atoms with van der Waals surface area (Å²) in [6.07, 6.45) is 0.538. The highest BCUT2D eigenvalue weighted by molar-refractivity contribution is 5.93. The molecular weight excluding hydrogens is 353 g/mol. The van der Waals surface area contributed by atoms with Gasteiger partial charge in [0, 0.05) is 31.0 Å². The number of hydrogen-bond donors (Lipinski definition) is 2. The molecule has 0 saturated heterocycles. The van der Waals surface area contributed by atoms with Crippen LogP contribution >= 0.6 is 0 Å². The van der Waals surface area contributed by atoms with Crippen molar-refractivity contribution in [2.45, 2.75) is 43.9 Å². The summed E-state index contributed by atoms with van der Waals surface area (Å²) in [4.78, 5) is 31.3. The van der Waals surface area contributed by atoms with E-state index in [4.69, 9.17) is 5.11 Å². The Hall–Kier alpha value is -2.23. The molecule has 2 aliphatic rings. The third-order valence-corrected chi connectivity index (χ3v) is 4.66. The Labute approximate surface area is 147 Å². The smallest absolute Gasteiger partial charge is 0.451 e. The van der Waals surface area contributed by atoms with Crippen molar-refractivity contribution in [1.29, 1.82) is 0 Å². The molecule has 10 heteroatoms. The van der Waals surface area contributed by atoms with Crippen LogP contribution in [0.4, 0.5) is 13.2 Å². The first-order valence-electron chi connectivity index (χ1n) is 8.38. The number of nitrogens with zero attached hydrogens (tertiary/aromatic N) is 3. The Kier molecular flexibility index (Phi) is 5.12. The first-order chi connectivity index (χ1) is 12.2. The summed E-state index contributed by atoms with van der Waals surface area (Å²) in [7, 11) is 0. The molecule has 0 radical (unpaired) electrons. The zero-order valence-electron chi connectivity index (χ0n) is 13.9. The van der Waals surface area contributed by atoms with Crippen LogP contribution in [0.2, 0.25) is 0 Å². The summed E-state index contributed by atoms with van der Waals surface area (Å²) in [6.45, 7) is 0.735. The van der Waals surface area contributed by atoms with Crippen LogP contribution in [0.5, 0.6) is 0 Å². The Morgan fingerprint density at radius 3 is 2.35 bits per heavy atom. The molecule has 1 aromatic rings. The number of carbonyl (C=O) groups is 2. The molecule has 0 spiro atoms. The molecule has 2 aliphatic carbocycles. The van der Waals surface area contributed by atoms with Gasteiger partial charge in [-0.3, -0.25) is 14.5 Å². The van der Waals surface area contributed by atoms with Crippen molar-refractivity contribution < 1.29 is 27.9 Å². The molecule has 2 saturated carbocycles. The van der Waals surface area contributed by atoms with E-state index in [0.29, 0.717) is 18.8 Å². The quantitative estimate of drug-likeness (QED) is 0.754. The van der Waals surface area contributed by atoms with Gasteiger partial charge in [0.15, 0.2) is 0 Å². The number of alkyl halides is 3. The topological polar surface area (TPSA) is 95.4 Å². The minimum Gasteiger partial charge on any atom is -0.480 e. The van der Waals surface area contributed by atoms with Gasteiger partial charge < -0.3 is 10.4 Å². The minimum absolute atomic E-state index is 0.0193. The number of carboxylic acid groups (broad SMARTS) is 1. The molecule has 26 heavy (non-hydrogen) atoms. The molecule has 1 aromatic heterocycles. The Balaban J connectivity index is 1.49. The number of halogens is 3. The molecule has 2 N–H and O–H groups in total. The van der Waals surface area contributed by atoms with Crippen LogP contribution in [0.3, 0.4) is 0 Å². The van der Waals surface area contributed by atoms with Crippen molar-refractivity contribution >= 4 is 11.9 Å². The lowest BCUT2D eigenvalue weighted by molar-refractivity contribution is -0.145. The lowest BCUT2D eigenvalue weighted by Gasteiger charge is -2.42. The SMILES string of the molecule is O=C(O)CN(CC1CC1)C1CC(NC(=O)c2cnc(C(F)(F)F)nc2)C1. The highest BCUT2D eigenvalue weighted by atomic mass is 19.4. The van der Waals surface area contributed by atoms with E-state index in [1.54, 1.807) is 0 Å². The van der Waals surface area contributed by atoms with E-state index in [1.807, 2.05) is 4.90 Å². The molecule has 3 rings (SSSR count). The number of amides is 1. The van der Waals surface area contributed by atoms with E-state index in [2.05, 4.69) is 15.3 Å². The fourth-order valence-corrected chi connectivity index (χ4v) is 3.01. The highest BCUT2D eigenvalue weighted by Gasteiger charge is 2.38. The second-order valence-corrected chi connectivity index (χ2v) is 6.86. The van der Waals surface area contributed by atoms with Crippen LogP contribution in [-0.4, -0.2) is 57.0 Å². The van der Waals surface area contributed by atoms with E-state index in [9.17, 15) is 22.8 Å². The van der Waals surface area contributed by atoms with Gasteiger partial charge in [0.25, 0.3) is 5.91 Å². The summed E-state index contributed by atoms with van der Waals surface area (Å²) in [6, 6.07) is -0.0360. The maximum Gasteiger partial charge on any atom is 0.451 e. The molecule has 1 amide bonds. The summed E-state index contributed by atoms with van der Waals surface area (Å²) in [5, 5.41) is 11.7. The molecule has 142 valence electrons. The molecule has 0 bridgehead atoms. The fraction of sp³-hybridized carbons (Fsp3) is 0.625. The molecule has 0 atom stereocenters. The first kappa shape index (κ1) is 18.6. The van der Waals surface area contributed by atoms with E-state index in [0.717, 1.165) is 31.8 Å². The fourth-order valence-electron chi connectivity index (χ4n) is 3.01. The van der Waals surface area contributed by atoms with E-state index in [1.165, 1.54) is 0 Å². The summed E-state index contributed by atoms with van der Waals surface area (Å²) >= 11 is 0. The van der Waals surface area contributed by atoms with Crippen molar-refractivity contribution in [2.24, 2.45) is 5.92 Å². The molecule has 1 heterocycles. The molecule has 7 nitrogen and oxygen atoms in total. The van der Waals surface area contributed by atoms with Crippen molar-refractivity contribution in [3.05, 3.63) is 23.8 Å². The molecule has 2 fully saturated rings. The van der Waals surface area contributed by atoms with Crippen LogP contribution in [0.15, 0.2) is 12.4 Å². The van der Waals surface area contributed by atoms with Crippen molar-refractivity contribution in [3.63, 3.8) is 0 Å². The van der Waals surface area contributed by atoms with Gasteiger partial charge >= 0.3 is 12.1 Å². The van der Waals surface area contributed by atoms with E-state index in [-0.39, 0.29) is 24.2 Å². The standard InChI is InChI=1S/C16H19F3N4O3/c17-16(18,19)15-20-5-10(6-21-15)14(26)22-11-3-12(4-11)23(8-13(24)25)7-9-1-2-9/h5-6,9,11-12H,1-4,7-8H2,(H,22,26)(H,24,25). The van der Waals surface area contributed by atoms with E-state index < -0.39 is 23.9 Å². The predicted octanol–water partition coefficient (Wildman–Crippen LogP) is 1.55. The number of carboxylic acids is 1. The average Bonchev–Trinajstić information content (AvgIpc) is 3.32. The maximum atomic E-state index is 12.4. The van der Waals surface area contributed by atoms with Crippen molar-refractivity contribution in [1.82, 2.24) is 20.2 Å². The lowest BCUT2D eigenvalue weighted by atomic mass is 9.85. The van der Waals surface area contributed by atoms with Gasteiger partial charge in [-0.05, 0) is 31.6 Å². The molecule has 0 aromatic carbocycles. The monoisotopic (exact) mass is 372 g/mol. The summed E-state index contributed by atoms with van der Waals surface area (Å²) in [5.41, 5.74) is -0.0400. The number of hydrogen-bond acceptors (Lipinski definition) is 5. The van der Waals surface area contributed by atoms with Crippen LogP contribution in [0, 0.1) is 5.92 Å². The number of aromatic nitrogens is 2. The van der Waals surface area contributed by atoms with Gasteiger partial charge in [-0.1, -0.05) is 0 Å². The zero-order valence-corrected chi connectivity index (χ0v) is 13.9. The van der Waals surface area contributed by atoms with Crippen molar-refractivity contribution in [2.75, 3.05) is 13.1 Å². The Morgan fingerprint density at radius 1 is 1.23 bits per heavy atom. The zero-order chi connectivity index (χ0) is 18.9. The summed E-state index contributed by atoms with van der Waals surface area (Å²) in [5.74, 6) is -2.14.